The fourth-order valence-electron chi connectivity index (χ4n) is 5.17. The van der Waals surface area contributed by atoms with Crippen molar-refractivity contribution < 1.29 is 27.4 Å². The van der Waals surface area contributed by atoms with Crippen LogP contribution in [0.1, 0.15) is 53.0 Å². The summed E-state index contributed by atoms with van der Waals surface area (Å²) in [6.07, 6.45) is -1.58. The third kappa shape index (κ3) is 6.39. The van der Waals surface area contributed by atoms with E-state index in [1.165, 1.54) is 12.1 Å². The van der Waals surface area contributed by atoms with Crippen LogP contribution >= 0.6 is 0 Å². The van der Waals surface area contributed by atoms with Crippen molar-refractivity contribution in [1.29, 1.82) is 0 Å². The number of ether oxygens (including phenoxy) is 3. The van der Waals surface area contributed by atoms with Crippen LogP contribution in [0.15, 0.2) is 42.5 Å². The van der Waals surface area contributed by atoms with Crippen LogP contribution in [-0.2, 0) is 4.74 Å². The lowest BCUT2D eigenvalue weighted by Gasteiger charge is -2.40. The molecule has 35 heavy (non-hydrogen) atoms. The Labute approximate surface area is 203 Å². The zero-order valence-corrected chi connectivity index (χ0v) is 20.5. The fraction of sp³-hybridized carbons (Fsp3) is 0.500. The summed E-state index contributed by atoms with van der Waals surface area (Å²) in [6, 6.07) is 11.6. The lowest BCUT2D eigenvalue weighted by atomic mass is 9.70. The molecule has 1 N–H and O–H groups in total. The van der Waals surface area contributed by atoms with E-state index in [4.69, 9.17) is 14.5 Å². The molecule has 2 aromatic carbocycles. The Morgan fingerprint density at radius 1 is 1.09 bits per heavy atom. The third-order valence-corrected chi connectivity index (χ3v) is 6.25. The second kappa shape index (κ2) is 9.97. The zero-order valence-electron chi connectivity index (χ0n) is 20.5. The van der Waals surface area contributed by atoms with E-state index in [9.17, 15) is 13.2 Å². The van der Waals surface area contributed by atoms with Gasteiger partial charge in [0.1, 0.15) is 11.5 Å². The van der Waals surface area contributed by atoms with Gasteiger partial charge in [0.15, 0.2) is 6.79 Å². The maximum Gasteiger partial charge on any atom is 0.573 e. The molecule has 1 heterocycles. The second-order valence-electron chi connectivity index (χ2n) is 9.98. The van der Waals surface area contributed by atoms with Gasteiger partial charge in [-0.05, 0) is 73.9 Å². The highest BCUT2D eigenvalue weighted by Gasteiger charge is 2.35. The van der Waals surface area contributed by atoms with Gasteiger partial charge in [0.2, 0.25) is 5.95 Å². The largest absolute Gasteiger partial charge is 0.573 e. The number of alkyl halides is 3. The Morgan fingerprint density at radius 3 is 2.46 bits per heavy atom. The second-order valence-corrected chi connectivity index (χ2v) is 9.98. The Hall–Kier alpha value is -2.94. The van der Waals surface area contributed by atoms with Gasteiger partial charge in [-0.15, -0.1) is 13.2 Å². The van der Waals surface area contributed by atoms with Crippen molar-refractivity contribution in [2.75, 3.05) is 18.7 Å². The lowest BCUT2D eigenvalue weighted by molar-refractivity contribution is -0.274. The van der Waals surface area contributed by atoms with E-state index in [2.05, 4.69) is 35.4 Å². The van der Waals surface area contributed by atoms with Gasteiger partial charge in [-0.3, -0.25) is 0 Å². The molecule has 0 aliphatic heterocycles. The average molecular weight is 492 g/mol. The number of aromatic nitrogens is 2. The van der Waals surface area contributed by atoms with E-state index >= 15 is 0 Å². The molecule has 4 rings (SSSR count). The highest BCUT2D eigenvalue weighted by molar-refractivity contribution is 5.81. The van der Waals surface area contributed by atoms with Crippen molar-refractivity contribution in [2.45, 2.75) is 59.4 Å². The number of nitrogens with zero attached hydrogens (tertiary/aromatic N) is 2. The summed E-state index contributed by atoms with van der Waals surface area (Å²) < 4.78 is 54.8. The summed E-state index contributed by atoms with van der Waals surface area (Å²) in [5.74, 6) is 1.61. The highest BCUT2D eigenvalue weighted by atomic mass is 19.4. The predicted molar refractivity (Wildman–Crippen MR) is 129 cm³/mol. The molecule has 0 amide bonds. The molecule has 0 radical (unpaired) electrons. The minimum atomic E-state index is -4.73. The number of hydrogen-bond donors (Lipinski definition) is 1. The summed E-state index contributed by atoms with van der Waals surface area (Å²) in [5.41, 5.74) is 2.54. The number of imidazole rings is 1. The fourth-order valence-corrected chi connectivity index (χ4v) is 5.17. The maximum absolute atomic E-state index is 12.5. The van der Waals surface area contributed by atoms with Gasteiger partial charge in [-0.2, -0.15) is 0 Å². The summed E-state index contributed by atoms with van der Waals surface area (Å²) in [6.45, 7) is 9.50. The number of halogens is 3. The number of hydrogen-bond acceptors (Lipinski definition) is 5. The number of benzene rings is 2. The Bertz CT molecular complexity index is 1140. The van der Waals surface area contributed by atoms with Crippen LogP contribution in [0.25, 0.3) is 11.0 Å². The Morgan fingerprint density at radius 2 is 1.80 bits per heavy atom. The first-order valence-electron chi connectivity index (χ1n) is 11.9. The van der Waals surface area contributed by atoms with Crippen LogP contribution in [0, 0.1) is 11.3 Å². The number of rotatable bonds is 8. The summed E-state index contributed by atoms with van der Waals surface area (Å²) in [4.78, 5) is 4.83. The molecule has 1 aliphatic carbocycles. The summed E-state index contributed by atoms with van der Waals surface area (Å²) >= 11 is 0. The Balaban J connectivity index is 1.69. The minimum Gasteiger partial charge on any atom is -0.467 e. The van der Waals surface area contributed by atoms with E-state index in [1.807, 2.05) is 25.1 Å². The quantitative estimate of drug-likeness (QED) is 0.262. The van der Waals surface area contributed by atoms with Crippen LogP contribution in [0.2, 0.25) is 0 Å². The van der Waals surface area contributed by atoms with E-state index in [0.29, 0.717) is 29.9 Å². The van der Waals surface area contributed by atoms with E-state index in [1.54, 1.807) is 12.1 Å². The average Bonchev–Trinajstić information content (AvgIpc) is 3.10. The topological polar surface area (TPSA) is 57.5 Å². The molecule has 1 aliphatic rings. The Kier molecular flexibility index (Phi) is 7.17. The van der Waals surface area contributed by atoms with Gasteiger partial charge in [-0.1, -0.05) is 20.8 Å². The molecule has 9 heteroatoms. The molecule has 3 aromatic rings. The maximum atomic E-state index is 12.5. The van der Waals surface area contributed by atoms with Crippen molar-refractivity contribution >= 4 is 22.7 Å². The van der Waals surface area contributed by atoms with Crippen LogP contribution in [-0.4, -0.2) is 29.3 Å². The van der Waals surface area contributed by atoms with Gasteiger partial charge in [0.05, 0.1) is 11.0 Å². The standard InChI is InChI=1S/C26H32F3N3O3/c1-5-33-16-34-21-10-11-22-23(13-21)32(19-12-17(2)14-25(3,4)15-19)24(31-22)30-18-6-8-20(9-7-18)35-26(27,28)29/h6-11,13,17,19H,5,12,14-16H2,1-4H3,(H,30,31)/t17-,19+/m0/s1. The molecule has 0 bridgehead atoms. The molecule has 1 aromatic heterocycles. The molecule has 1 fully saturated rings. The number of fused-ring (bicyclic) bond motifs is 1. The normalized spacial score (nSPS) is 20.1. The molecule has 1 saturated carbocycles. The number of nitrogens with one attached hydrogen (secondary N) is 1. The van der Waals surface area contributed by atoms with E-state index in [0.717, 1.165) is 30.3 Å². The molecular formula is C26H32F3N3O3. The molecule has 2 atom stereocenters. The first kappa shape index (κ1) is 25.2. The van der Waals surface area contributed by atoms with Gasteiger partial charge >= 0.3 is 6.36 Å². The zero-order chi connectivity index (χ0) is 25.2. The highest BCUT2D eigenvalue weighted by Crippen LogP contribution is 2.46. The predicted octanol–water partition coefficient (Wildman–Crippen LogP) is 7.44. The summed E-state index contributed by atoms with van der Waals surface area (Å²) in [7, 11) is 0. The SMILES string of the molecule is CCOCOc1ccc2nc(Nc3ccc(OC(F)(F)F)cc3)n([C@@H]3C[C@H](C)CC(C)(C)C3)c2c1. The van der Waals surface area contributed by atoms with Crippen LogP contribution in [0.5, 0.6) is 11.5 Å². The van der Waals surface area contributed by atoms with Crippen molar-refractivity contribution in [2.24, 2.45) is 11.3 Å². The van der Waals surface area contributed by atoms with Crippen LogP contribution in [0.3, 0.4) is 0 Å². The molecule has 6 nitrogen and oxygen atoms in total. The molecule has 190 valence electrons. The van der Waals surface area contributed by atoms with Crippen molar-refractivity contribution in [3.8, 4) is 11.5 Å². The van der Waals surface area contributed by atoms with E-state index < -0.39 is 6.36 Å². The first-order chi connectivity index (χ1) is 16.5. The third-order valence-electron chi connectivity index (χ3n) is 6.25. The van der Waals surface area contributed by atoms with Gasteiger partial charge in [0, 0.05) is 24.4 Å². The van der Waals surface area contributed by atoms with Crippen molar-refractivity contribution in [3.05, 3.63) is 42.5 Å². The summed E-state index contributed by atoms with van der Waals surface area (Å²) in [5, 5.41) is 3.31. The molecule has 0 saturated heterocycles. The smallest absolute Gasteiger partial charge is 0.467 e. The lowest BCUT2D eigenvalue weighted by Crippen LogP contribution is -2.29. The van der Waals surface area contributed by atoms with Crippen LogP contribution in [0.4, 0.5) is 24.8 Å². The first-order valence-corrected chi connectivity index (χ1v) is 11.9. The minimum absolute atomic E-state index is 0.168. The van der Waals surface area contributed by atoms with Crippen LogP contribution < -0.4 is 14.8 Å². The van der Waals surface area contributed by atoms with Crippen molar-refractivity contribution in [1.82, 2.24) is 9.55 Å². The molecular weight excluding hydrogens is 459 g/mol. The molecule has 0 unspecified atom stereocenters. The van der Waals surface area contributed by atoms with Gasteiger partial charge < -0.3 is 24.1 Å². The molecule has 0 spiro atoms. The van der Waals surface area contributed by atoms with E-state index in [-0.39, 0.29) is 24.0 Å². The monoisotopic (exact) mass is 491 g/mol. The van der Waals surface area contributed by atoms with Crippen molar-refractivity contribution in [3.63, 3.8) is 0 Å². The number of anilines is 2. The van der Waals surface area contributed by atoms with Gasteiger partial charge in [0.25, 0.3) is 0 Å². The van der Waals surface area contributed by atoms with Gasteiger partial charge in [-0.25, -0.2) is 4.98 Å².